The topological polar surface area (TPSA) is 52.7 Å². The zero-order valence-electron chi connectivity index (χ0n) is 12.6. The maximum absolute atomic E-state index is 12.0. The Labute approximate surface area is 124 Å². The molecule has 112 valence electrons. The van der Waals surface area contributed by atoms with E-state index >= 15 is 0 Å². The van der Waals surface area contributed by atoms with Crippen molar-refractivity contribution in [3.05, 3.63) is 23.8 Å². The van der Waals surface area contributed by atoms with Gasteiger partial charge in [0.05, 0.1) is 6.42 Å². The van der Waals surface area contributed by atoms with Gasteiger partial charge in [0.1, 0.15) is 0 Å². The maximum Gasteiger partial charge on any atom is 0.228 e. The maximum atomic E-state index is 12.0. The minimum Gasteiger partial charge on any atom is -0.368 e. The van der Waals surface area contributed by atoms with Gasteiger partial charge in [0.2, 0.25) is 11.8 Å². The lowest BCUT2D eigenvalue weighted by Crippen LogP contribution is -2.49. The van der Waals surface area contributed by atoms with Crippen LogP contribution in [0.3, 0.4) is 0 Å². The number of hydrogen-bond donors (Lipinski definition) is 1. The molecule has 0 radical (unpaired) electrons. The molecule has 2 heterocycles. The van der Waals surface area contributed by atoms with Gasteiger partial charge in [0.15, 0.2) is 0 Å². The Hall–Kier alpha value is -2.04. The molecule has 1 aromatic rings. The summed E-state index contributed by atoms with van der Waals surface area (Å²) >= 11 is 0. The zero-order chi connectivity index (χ0) is 15.0. The predicted molar refractivity (Wildman–Crippen MR) is 82.4 cm³/mol. The number of rotatable bonds is 2. The number of amides is 2. The molecule has 2 aliphatic heterocycles. The number of piperazine rings is 1. The van der Waals surface area contributed by atoms with Crippen LogP contribution in [0.5, 0.6) is 0 Å². The van der Waals surface area contributed by atoms with Crippen LogP contribution in [0, 0.1) is 5.92 Å². The summed E-state index contributed by atoms with van der Waals surface area (Å²) in [6, 6.07) is 6.11. The summed E-state index contributed by atoms with van der Waals surface area (Å²) < 4.78 is 0. The molecular formula is C16H21N3O2. The molecule has 0 atom stereocenters. The Balaban J connectivity index is 1.66. The first kappa shape index (κ1) is 13.9. The van der Waals surface area contributed by atoms with Crippen LogP contribution in [0.2, 0.25) is 0 Å². The van der Waals surface area contributed by atoms with Crippen molar-refractivity contribution in [2.45, 2.75) is 20.3 Å². The molecule has 1 saturated heterocycles. The molecule has 0 aliphatic carbocycles. The van der Waals surface area contributed by atoms with Gasteiger partial charge in [-0.2, -0.15) is 0 Å². The molecule has 0 bridgehead atoms. The molecule has 1 N–H and O–H groups in total. The Bertz CT molecular complexity index is 575. The van der Waals surface area contributed by atoms with E-state index in [1.807, 2.05) is 30.9 Å². The van der Waals surface area contributed by atoms with Crippen molar-refractivity contribution in [2.24, 2.45) is 5.92 Å². The summed E-state index contributed by atoms with van der Waals surface area (Å²) in [5.41, 5.74) is 3.14. The van der Waals surface area contributed by atoms with Crippen LogP contribution < -0.4 is 10.2 Å². The highest BCUT2D eigenvalue weighted by Gasteiger charge is 2.24. The van der Waals surface area contributed by atoms with E-state index in [0.29, 0.717) is 6.42 Å². The van der Waals surface area contributed by atoms with Gasteiger partial charge in [-0.15, -0.1) is 0 Å². The molecule has 0 aromatic heterocycles. The average Bonchev–Trinajstić information content (AvgIpc) is 2.85. The zero-order valence-corrected chi connectivity index (χ0v) is 12.6. The molecule has 1 aromatic carbocycles. The van der Waals surface area contributed by atoms with E-state index in [4.69, 9.17) is 0 Å². The summed E-state index contributed by atoms with van der Waals surface area (Å²) in [5.74, 6) is 0.363. The second kappa shape index (κ2) is 5.39. The van der Waals surface area contributed by atoms with Crippen molar-refractivity contribution in [3.63, 3.8) is 0 Å². The minimum atomic E-state index is 0.0635. The molecule has 21 heavy (non-hydrogen) atoms. The Morgan fingerprint density at radius 1 is 1.19 bits per heavy atom. The third-order valence-electron chi connectivity index (χ3n) is 4.16. The Morgan fingerprint density at radius 2 is 1.90 bits per heavy atom. The molecule has 5 nitrogen and oxygen atoms in total. The van der Waals surface area contributed by atoms with Crippen LogP contribution >= 0.6 is 0 Å². The number of fused-ring (bicyclic) bond motifs is 1. The van der Waals surface area contributed by atoms with E-state index in [9.17, 15) is 9.59 Å². The molecule has 2 aliphatic rings. The van der Waals surface area contributed by atoms with Crippen molar-refractivity contribution in [2.75, 3.05) is 36.4 Å². The highest BCUT2D eigenvalue weighted by Crippen LogP contribution is 2.28. The van der Waals surface area contributed by atoms with E-state index in [0.717, 1.165) is 43.1 Å². The molecule has 5 heteroatoms. The van der Waals surface area contributed by atoms with E-state index in [-0.39, 0.29) is 17.7 Å². The third-order valence-corrected chi connectivity index (χ3v) is 4.16. The first-order chi connectivity index (χ1) is 10.0. The average molecular weight is 287 g/mol. The summed E-state index contributed by atoms with van der Waals surface area (Å²) in [4.78, 5) is 27.6. The van der Waals surface area contributed by atoms with Gasteiger partial charge in [0.25, 0.3) is 0 Å². The molecule has 3 rings (SSSR count). The first-order valence-corrected chi connectivity index (χ1v) is 7.51. The Kier molecular flexibility index (Phi) is 3.57. The smallest absolute Gasteiger partial charge is 0.228 e. The molecule has 0 saturated carbocycles. The van der Waals surface area contributed by atoms with Crippen molar-refractivity contribution < 1.29 is 9.59 Å². The van der Waals surface area contributed by atoms with Crippen LogP contribution in [0.1, 0.15) is 19.4 Å². The van der Waals surface area contributed by atoms with E-state index in [1.165, 1.54) is 0 Å². The van der Waals surface area contributed by atoms with Gasteiger partial charge >= 0.3 is 0 Å². The van der Waals surface area contributed by atoms with Gasteiger partial charge in [-0.3, -0.25) is 9.59 Å². The number of nitrogens with one attached hydrogen (secondary N) is 1. The molecule has 0 spiro atoms. The van der Waals surface area contributed by atoms with Gasteiger partial charge in [-0.05, 0) is 23.8 Å². The van der Waals surface area contributed by atoms with Crippen molar-refractivity contribution >= 4 is 23.2 Å². The summed E-state index contributed by atoms with van der Waals surface area (Å²) in [7, 11) is 0. The number of carbonyl (C=O) groups excluding carboxylic acids is 2. The molecular weight excluding hydrogens is 266 g/mol. The molecule has 2 amide bonds. The van der Waals surface area contributed by atoms with E-state index in [1.54, 1.807) is 0 Å². The van der Waals surface area contributed by atoms with Gasteiger partial charge in [0, 0.05) is 43.5 Å². The standard InChI is InChI=1S/C16H21N3O2/c1-11(2)16(21)19-7-5-18(6-8-19)13-3-4-14-12(9-13)10-15(20)17-14/h3-4,9,11H,5-8,10H2,1-2H3,(H,17,20). The van der Waals surface area contributed by atoms with Crippen LogP contribution in [0.4, 0.5) is 11.4 Å². The van der Waals surface area contributed by atoms with Crippen molar-refractivity contribution in [3.8, 4) is 0 Å². The summed E-state index contributed by atoms with van der Waals surface area (Å²) in [5, 5.41) is 2.85. The number of nitrogens with zero attached hydrogens (tertiary/aromatic N) is 2. The summed E-state index contributed by atoms with van der Waals surface area (Å²) in [6.07, 6.45) is 0.467. The minimum absolute atomic E-state index is 0.0635. The van der Waals surface area contributed by atoms with Crippen molar-refractivity contribution in [1.82, 2.24) is 4.90 Å². The molecule has 0 unspecified atom stereocenters. The predicted octanol–water partition coefficient (Wildman–Crippen LogP) is 1.49. The van der Waals surface area contributed by atoms with Crippen LogP contribution in [0.15, 0.2) is 18.2 Å². The number of benzene rings is 1. The number of hydrogen-bond acceptors (Lipinski definition) is 3. The fraction of sp³-hybridized carbons (Fsp3) is 0.500. The lowest BCUT2D eigenvalue weighted by atomic mass is 10.1. The summed E-state index contributed by atoms with van der Waals surface area (Å²) in [6.45, 7) is 7.12. The second-order valence-electron chi connectivity index (χ2n) is 6.03. The first-order valence-electron chi connectivity index (χ1n) is 7.51. The van der Waals surface area contributed by atoms with Crippen LogP contribution in [-0.4, -0.2) is 42.9 Å². The van der Waals surface area contributed by atoms with Gasteiger partial charge in [-0.1, -0.05) is 13.8 Å². The lowest BCUT2D eigenvalue weighted by Gasteiger charge is -2.37. The fourth-order valence-electron chi connectivity index (χ4n) is 2.96. The number of anilines is 2. The van der Waals surface area contributed by atoms with Crippen LogP contribution in [0.25, 0.3) is 0 Å². The fourth-order valence-corrected chi connectivity index (χ4v) is 2.96. The number of carbonyl (C=O) groups is 2. The quantitative estimate of drug-likeness (QED) is 0.896. The monoisotopic (exact) mass is 287 g/mol. The normalized spacial score (nSPS) is 18.0. The van der Waals surface area contributed by atoms with Crippen molar-refractivity contribution in [1.29, 1.82) is 0 Å². The largest absolute Gasteiger partial charge is 0.368 e. The lowest BCUT2D eigenvalue weighted by molar-refractivity contribution is -0.134. The van der Waals surface area contributed by atoms with Crippen LogP contribution in [-0.2, 0) is 16.0 Å². The Morgan fingerprint density at radius 3 is 2.57 bits per heavy atom. The van der Waals surface area contributed by atoms with E-state index < -0.39 is 0 Å². The SMILES string of the molecule is CC(C)C(=O)N1CCN(c2ccc3c(c2)CC(=O)N3)CC1. The highest BCUT2D eigenvalue weighted by atomic mass is 16.2. The second-order valence-corrected chi connectivity index (χ2v) is 6.03. The third kappa shape index (κ3) is 2.73. The van der Waals surface area contributed by atoms with E-state index in [2.05, 4.69) is 16.3 Å². The van der Waals surface area contributed by atoms with Gasteiger partial charge < -0.3 is 15.1 Å². The highest BCUT2D eigenvalue weighted by molar-refractivity contribution is 5.99. The molecule has 1 fully saturated rings. The van der Waals surface area contributed by atoms with Gasteiger partial charge in [-0.25, -0.2) is 0 Å².